The predicted octanol–water partition coefficient (Wildman–Crippen LogP) is 2.65. The van der Waals surface area contributed by atoms with Crippen molar-refractivity contribution in [2.24, 2.45) is 0 Å². The zero-order chi connectivity index (χ0) is 13.2. The van der Waals surface area contributed by atoms with Crippen LogP contribution in [-0.4, -0.2) is 30.2 Å². The Bertz CT molecular complexity index is 386. The van der Waals surface area contributed by atoms with Crippen LogP contribution in [0.3, 0.4) is 0 Å². The smallest absolute Gasteiger partial charge is 0.104 e. The molecule has 1 aromatic carbocycles. The fraction of sp³-hybridized carbons (Fsp3) is 0.500. The monoisotopic (exact) mass is 245 g/mol. The van der Waals surface area contributed by atoms with Crippen molar-refractivity contribution in [2.45, 2.75) is 32.7 Å². The summed E-state index contributed by atoms with van der Waals surface area (Å²) in [5, 5.41) is 8.62. The number of rotatable bonds is 6. The maximum Gasteiger partial charge on any atom is 0.104 e. The summed E-state index contributed by atoms with van der Waals surface area (Å²) in [7, 11) is 2.16. The van der Waals surface area contributed by atoms with Crippen LogP contribution in [-0.2, 0) is 6.54 Å². The van der Waals surface area contributed by atoms with Crippen molar-refractivity contribution in [2.75, 3.05) is 20.2 Å². The number of benzene rings is 1. The third-order valence-corrected chi connectivity index (χ3v) is 2.86. The van der Waals surface area contributed by atoms with Crippen LogP contribution in [0, 0.1) is 11.8 Å². The molecule has 1 N–H and O–H groups in total. The molecule has 0 amide bonds. The number of hydrogen-bond donors (Lipinski definition) is 1. The first-order chi connectivity index (χ1) is 8.76. The van der Waals surface area contributed by atoms with E-state index in [1.807, 2.05) is 12.1 Å². The van der Waals surface area contributed by atoms with Crippen LogP contribution >= 0.6 is 0 Å². The summed E-state index contributed by atoms with van der Waals surface area (Å²) in [6, 6.07) is 8.24. The Balaban J connectivity index is 2.42. The molecule has 0 aliphatic carbocycles. The Morgan fingerprint density at radius 2 is 1.89 bits per heavy atom. The number of unbranched alkanes of at least 4 members (excludes halogenated alkanes) is 2. The second-order valence-electron chi connectivity index (χ2n) is 4.60. The van der Waals surface area contributed by atoms with Crippen LogP contribution in [0.5, 0.6) is 0 Å². The van der Waals surface area contributed by atoms with Gasteiger partial charge in [0, 0.05) is 12.1 Å². The van der Waals surface area contributed by atoms with Crippen LogP contribution in [0.2, 0.25) is 0 Å². The second-order valence-corrected chi connectivity index (χ2v) is 4.60. The first kappa shape index (κ1) is 14.8. The highest BCUT2D eigenvalue weighted by Crippen LogP contribution is 2.07. The zero-order valence-corrected chi connectivity index (χ0v) is 11.4. The maximum atomic E-state index is 8.62. The SMILES string of the molecule is CCCCCN(C)Cc1ccc(C#CCO)cc1. The van der Waals surface area contributed by atoms with Crippen LogP contribution in [0.15, 0.2) is 24.3 Å². The van der Waals surface area contributed by atoms with Crippen molar-refractivity contribution in [3.8, 4) is 11.8 Å². The standard InChI is InChI=1S/C16H23NO/c1-3-4-5-12-17(2)14-16-10-8-15(9-11-16)7-6-13-18/h8-11,18H,3-5,12-14H2,1-2H3. The highest BCUT2D eigenvalue weighted by Gasteiger charge is 1.99. The van der Waals surface area contributed by atoms with E-state index in [4.69, 9.17) is 5.11 Å². The van der Waals surface area contributed by atoms with Crippen molar-refractivity contribution < 1.29 is 5.11 Å². The molecule has 0 unspecified atom stereocenters. The normalized spacial score (nSPS) is 10.2. The lowest BCUT2D eigenvalue weighted by Crippen LogP contribution is -2.18. The highest BCUT2D eigenvalue weighted by molar-refractivity contribution is 5.36. The van der Waals surface area contributed by atoms with Gasteiger partial charge in [-0.1, -0.05) is 43.7 Å². The lowest BCUT2D eigenvalue weighted by molar-refractivity contribution is 0.318. The van der Waals surface area contributed by atoms with E-state index in [2.05, 4.69) is 42.8 Å². The molecule has 2 nitrogen and oxygen atoms in total. The molecule has 0 spiro atoms. The molecule has 0 saturated carbocycles. The first-order valence-electron chi connectivity index (χ1n) is 6.63. The average molecular weight is 245 g/mol. The molecule has 0 bridgehead atoms. The molecule has 1 rings (SSSR count). The van der Waals surface area contributed by atoms with E-state index < -0.39 is 0 Å². The summed E-state index contributed by atoms with van der Waals surface area (Å²) in [5.41, 5.74) is 2.27. The van der Waals surface area contributed by atoms with E-state index in [1.165, 1.54) is 24.8 Å². The van der Waals surface area contributed by atoms with Gasteiger partial charge in [-0.25, -0.2) is 0 Å². The van der Waals surface area contributed by atoms with Gasteiger partial charge in [-0.3, -0.25) is 0 Å². The average Bonchev–Trinajstić information content (AvgIpc) is 2.38. The molecule has 0 heterocycles. The molecule has 0 aliphatic heterocycles. The number of hydrogen-bond acceptors (Lipinski definition) is 2. The van der Waals surface area contributed by atoms with E-state index in [0.29, 0.717) is 0 Å². The third kappa shape index (κ3) is 5.86. The molecule has 0 radical (unpaired) electrons. The lowest BCUT2D eigenvalue weighted by Gasteiger charge is -2.16. The van der Waals surface area contributed by atoms with Crippen molar-refractivity contribution in [1.82, 2.24) is 4.90 Å². The fourth-order valence-electron chi connectivity index (χ4n) is 1.86. The molecular formula is C16H23NO. The number of aliphatic hydroxyl groups excluding tert-OH is 1. The highest BCUT2D eigenvalue weighted by atomic mass is 16.2. The Kier molecular flexibility index (Phi) is 7.17. The minimum absolute atomic E-state index is 0.0814. The van der Waals surface area contributed by atoms with E-state index in [-0.39, 0.29) is 6.61 Å². The summed E-state index contributed by atoms with van der Waals surface area (Å²) in [6.45, 7) is 4.28. The van der Waals surface area contributed by atoms with E-state index in [0.717, 1.165) is 18.7 Å². The van der Waals surface area contributed by atoms with Gasteiger partial charge in [0.1, 0.15) is 6.61 Å². The van der Waals surface area contributed by atoms with E-state index in [1.54, 1.807) is 0 Å². The van der Waals surface area contributed by atoms with E-state index in [9.17, 15) is 0 Å². The van der Waals surface area contributed by atoms with Crippen molar-refractivity contribution in [1.29, 1.82) is 0 Å². The fourth-order valence-corrected chi connectivity index (χ4v) is 1.86. The van der Waals surface area contributed by atoms with Gasteiger partial charge >= 0.3 is 0 Å². The third-order valence-electron chi connectivity index (χ3n) is 2.86. The molecule has 0 aromatic heterocycles. The first-order valence-corrected chi connectivity index (χ1v) is 6.63. The summed E-state index contributed by atoms with van der Waals surface area (Å²) in [6.07, 6.45) is 3.85. The molecule has 18 heavy (non-hydrogen) atoms. The van der Waals surface area contributed by atoms with Crippen LogP contribution in [0.25, 0.3) is 0 Å². The largest absolute Gasteiger partial charge is 0.384 e. The van der Waals surface area contributed by atoms with Crippen LogP contribution in [0.1, 0.15) is 37.3 Å². The van der Waals surface area contributed by atoms with Gasteiger partial charge in [0.2, 0.25) is 0 Å². The second kappa shape index (κ2) is 8.74. The molecular weight excluding hydrogens is 222 g/mol. The summed E-state index contributed by atoms with van der Waals surface area (Å²) >= 11 is 0. The molecule has 1 aromatic rings. The lowest BCUT2D eigenvalue weighted by atomic mass is 10.1. The summed E-state index contributed by atoms with van der Waals surface area (Å²) in [4.78, 5) is 2.35. The predicted molar refractivity (Wildman–Crippen MR) is 76.3 cm³/mol. The Morgan fingerprint density at radius 3 is 2.50 bits per heavy atom. The van der Waals surface area contributed by atoms with E-state index >= 15 is 0 Å². The Morgan fingerprint density at radius 1 is 1.17 bits per heavy atom. The summed E-state index contributed by atoms with van der Waals surface area (Å²) in [5.74, 6) is 5.56. The van der Waals surface area contributed by atoms with Gasteiger partial charge in [-0.15, -0.1) is 0 Å². The molecule has 0 fully saturated rings. The molecule has 0 aliphatic rings. The quantitative estimate of drug-likeness (QED) is 0.615. The van der Waals surface area contributed by atoms with Gasteiger partial charge in [0.25, 0.3) is 0 Å². The molecule has 0 atom stereocenters. The number of nitrogens with zero attached hydrogens (tertiary/aromatic N) is 1. The summed E-state index contributed by atoms with van der Waals surface area (Å²) < 4.78 is 0. The molecule has 0 saturated heterocycles. The zero-order valence-electron chi connectivity index (χ0n) is 11.4. The minimum atomic E-state index is -0.0814. The van der Waals surface area contributed by atoms with Gasteiger partial charge in [0.05, 0.1) is 0 Å². The minimum Gasteiger partial charge on any atom is -0.384 e. The number of aliphatic hydroxyl groups is 1. The van der Waals surface area contributed by atoms with Crippen LogP contribution < -0.4 is 0 Å². The Hall–Kier alpha value is -1.30. The topological polar surface area (TPSA) is 23.5 Å². The van der Waals surface area contributed by atoms with Crippen molar-refractivity contribution >= 4 is 0 Å². The van der Waals surface area contributed by atoms with Gasteiger partial charge in [-0.05, 0) is 37.7 Å². The van der Waals surface area contributed by atoms with Crippen LogP contribution in [0.4, 0.5) is 0 Å². The molecule has 98 valence electrons. The maximum absolute atomic E-state index is 8.62. The molecule has 2 heteroatoms. The Labute approximate surface area is 111 Å². The van der Waals surface area contributed by atoms with Gasteiger partial charge in [0.15, 0.2) is 0 Å². The van der Waals surface area contributed by atoms with Crippen molar-refractivity contribution in [3.63, 3.8) is 0 Å². The van der Waals surface area contributed by atoms with Gasteiger partial charge < -0.3 is 10.0 Å². The van der Waals surface area contributed by atoms with Gasteiger partial charge in [-0.2, -0.15) is 0 Å². The van der Waals surface area contributed by atoms with Crippen molar-refractivity contribution in [3.05, 3.63) is 35.4 Å².